The molecule has 1 aromatic carbocycles. The van der Waals surface area contributed by atoms with Crippen LogP contribution in [0.2, 0.25) is 0 Å². The van der Waals surface area contributed by atoms with Gasteiger partial charge in [-0.15, -0.1) is 0 Å². The first-order valence-electron chi connectivity index (χ1n) is 7.97. The third-order valence-electron chi connectivity index (χ3n) is 5.91. The Balaban J connectivity index is 1.70. The molecule has 0 aromatic heterocycles. The van der Waals surface area contributed by atoms with Gasteiger partial charge in [0.25, 0.3) is 0 Å². The van der Waals surface area contributed by atoms with Crippen LogP contribution < -0.4 is 0 Å². The van der Waals surface area contributed by atoms with Crippen LogP contribution in [0.25, 0.3) is 0 Å². The molecule has 4 aliphatic rings. The largest absolute Gasteiger partial charge is 0.372 e. The van der Waals surface area contributed by atoms with Gasteiger partial charge in [-0.25, -0.2) is 0 Å². The molecule has 0 unspecified atom stereocenters. The van der Waals surface area contributed by atoms with Gasteiger partial charge in [-0.3, -0.25) is 4.79 Å². The lowest BCUT2D eigenvalue weighted by Gasteiger charge is -2.39. The van der Waals surface area contributed by atoms with Gasteiger partial charge in [0.2, 0.25) is 5.91 Å². The molecule has 1 spiro atoms. The van der Waals surface area contributed by atoms with Crippen LogP contribution in [0, 0.1) is 0 Å². The van der Waals surface area contributed by atoms with Crippen LogP contribution in [0.3, 0.4) is 0 Å². The Kier molecular flexibility index (Phi) is 2.27. The zero-order valence-electron chi connectivity index (χ0n) is 12.1. The monoisotopic (exact) mass is 281 g/mol. The quantitative estimate of drug-likeness (QED) is 0.684. The second-order valence-electron chi connectivity index (χ2n) is 6.82. The fourth-order valence-electron chi connectivity index (χ4n) is 4.87. The molecule has 2 atom stereocenters. The Morgan fingerprint density at radius 2 is 2.00 bits per heavy atom. The third-order valence-corrected chi connectivity index (χ3v) is 5.91. The predicted molar refractivity (Wildman–Crippen MR) is 78.8 cm³/mol. The fraction of sp³-hybridized carbons (Fsp3) is 0.500. The summed E-state index contributed by atoms with van der Waals surface area (Å²) in [6.07, 6.45) is 8.38. The summed E-state index contributed by atoms with van der Waals surface area (Å²) < 4.78 is 5.60. The lowest BCUT2D eigenvalue weighted by Crippen LogP contribution is -2.47. The van der Waals surface area contributed by atoms with Crippen molar-refractivity contribution >= 4 is 5.91 Å². The molecule has 21 heavy (non-hydrogen) atoms. The first-order valence-corrected chi connectivity index (χ1v) is 7.97. The lowest BCUT2D eigenvalue weighted by atomic mass is 9.78. The second-order valence-corrected chi connectivity index (χ2v) is 6.82. The molecular formula is C18H19NO2. The summed E-state index contributed by atoms with van der Waals surface area (Å²) in [5.74, 6) is 0.736. The average Bonchev–Trinajstić information content (AvgIpc) is 3.16. The first-order chi connectivity index (χ1) is 10.3. The van der Waals surface area contributed by atoms with Crippen LogP contribution in [0.15, 0.2) is 24.3 Å². The van der Waals surface area contributed by atoms with E-state index in [9.17, 15) is 4.79 Å². The van der Waals surface area contributed by atoms with Crippen LogP contribution in [0.1, 0.15) is 47.4 Å². The van der Waals surface area contributed by atoms with E-state index in [1.165, 1.54) is 22.3 Å². The SMILES string of the molecule is O=C1CC[C@]23CC=C[C@H]2c2cc4c(cc2CCN13)COC4. The van der Waals surface area contributed by atoms with Crippen LogP contribution in [0.5, 0.6) is 0 Å². The van der Waals surface area contributed by atoms with E-state index in [0.29, 0.717) is 11.8 Å². The summed E-state index contributed by atoms with van der Waals surface area (Å²) in [6, 6.07) is 4.70. The molecule has 0 N–H and O–H groups in total. The van der Waals surface area contributed by atoms with Crippen LogP contribution in [-0.2, 0) is 29.2 Å². The Labute approximate surface area is 124 Å². The minimum Gasteiger partial charge on any atom is -0.372 e. The molecule has 0 radical (unpaired) electrons. The predicted octanol–water partition coefficient (Wildman–Crippen LogP) is 2.68. The number of nitrogens with zero attached hydrogens (tertiary/aromatic N) is 1. The normalized spacial score (nSPS) is 32.7. The summed E-state index contributed by atoms with van der Waals surface area (Å²) in [5.41, 5.74) is 5.61. The molecule has 3 heteroatoms. The Morgan fingerprint density at radius 3 is 2.90 bits per heavy atom. The van der Waals surface area contributed by atoms with Crippen molar-refractivity contribution in [1.82, 2.24) is 4.90 Å². The number of hydrogen-bond donors (Lipinski definition) is 0. The number of hydrogen-bond acceptors (Lipinski definition) is 2. The maximum Gasteiger partial charge on any atom is 0.223 e. The number of ether oxygens (including phenoxy) is 1. The fourth-order valence-corrected chi connectivity index (χ4v) is 4.87. The van der Waals surface area contributed by atoms with Gasteiger partial charge >= 0.3 is 0 Å². The van der Waals surface area contributed by atoms with E-state index >= 15 is 0 Å². The average molecular weight is 281 g/mol. The van der Waals surface area contributed by atoms with Gasteiger partial charge in [0.05, 0.1) is 18.8 Å². The molecule has 1 saturated heterocycles. The van der Waals surface area contributed by atoms with Gasteiger partial charge in [-0.05, 0) is 41.5 Å². The number of amides is 1. The van der Waals surface area contributed by atoms with Crippen LogP contribution in [-0.4, -0.2) is 22.9 Å². The maximum atomic E-state index is 12.3. The Morgan fingerprint density at radius 1 is 1.14 bits per heavy atom. The first kappa shape index (κ1) is 12.0. The van der Waals surface area contributed by atoms with Gasteiger partial charge in [0.15, 0.2) is 0 Å². The van der Waals surface area contributed by atoms with Crippen molar-refractivity contribution in [2.24, 2.45) is 0 Å². The summed E-state index contributed by atoms with van der Waals surface area (Å²) >= 11 is 0. The lowest BCUT2D eigenvalue weighted by molar-refractivity contribution is -0.131. The number of benzene rings is 1. The molecule has 1 amide bonds. The van der Waals surface area contributed by atoms with Crippen molar-refractivity contribution in [1.29, 1.82) is 0 Å². The van der Waals surface area contributed by atoms with Crippen molar-refractivity contribution in [3.63, 3.8) is 0 Å². The Hall–Kier alpha value is -1.61. The standard InChI is InChI=1S/C18H19NO2/c20-17-3-6-18-5-1-2-16(18)15-9-14-11-21-10-13(14)8-12(15)4-7-19(17)18/h1-2,8-9,16H,3-7,10-11H2/t16-,18+/m0/s1. The molecule has 1 aromatic rings. The van der Waals surface area contributed by atoms with Gasteiger partial charge < -0.3 is 9.64 Å². The Bertz CT molecular complexity index is 678. The van der Waals surface area contributed by atoms with Crippen molar-refractivity contribution in [2.75, 3.05) is 6.54 Å². The summed E-state index contributed by atoms with van der Waals surface area (Å²) in [5, 5.41) is 0. The molecule has 1 fully saturated rings. The van der Waals surface area contributed by atoms with E-state index in [-0.39, 0.29) is 5.54 Å². The van der Waals surface area contributed by atoms with Crippen LogP contribution in [0.4, 0.5) is 0 Å². The highest BCUT2D eigenvalue weighted by Crippen LogP contribution is 2.51. The van der Waals surface area contributed by atoms with E-state index in [2.05, 4.69) is 29.2 Å². The van der Waals surface area contributed by atoms with Gasteiger partial charge in [0.1, 0.15) is 0 Å². The number of fused-ring (bicyclic) bond motifs is 3. The third kappa shape index (κ3) is 1.45. The zero-order chi connectivity index (χ0) is 14.0. The highest BCUT2D eigenvalue weighted by molar-refractivity contribution is 5.81. The van der Waals surface area contributed by atoms with Crippen molar-refractivity contribution in [3.05, 3.63) is 46.5 Å². The van der Waals surface area contributed by atoms with Crippen molar-refractivity contribution in [2.45, 2.75) is 50.4 Å². The van der Waals surface area contributed by atoms with Gasteiger partial charge in [-0.1, -0.05) is 24.3 Å². The van der Waals surface area contributed by atoms with E-state index in [1.54, 1.807) is 0 Å². The highest BCUT2D eigenvalue weighted by atomic mass is 16.5. The zero-order valence-corrected chi connectivity index (χ0v) is 12.1. The molecule has 0 bridgehead atoms. The molecule has 3 nitrogen and oxygen atoms in total. The molecule has 3 aliphatic heterocycles. The minimum atomic E-state index is 0.0377. The maximum absolute atomic E-state index is 12.3. The second kappa shape index (κ2) is 3.98. The van der Waals surface area contributed by atoms with Gasteiger partial charge in [-0.2, -0.15) is 0 Å². The number of rotatable bonds is 0. The molecule has 108 valence electrons. The van der Waals surface area contributed by atoms with E-state index in [0.717, 1.165) is 45.4 Å². The van der Waals surface area contributed by atoms with E-state index in [4.69, 9.17) is 4.74 Å². The highest BCUT2D eigenvalue weighted by Gasteiger charge is 2.52. The number of carbonyl (C=O) groups excluding carboxylic acids is 1. The van der Waals surface area contributed by atoms with Crippen molar-refractivity contribution in [3.8, 4) is 0 Å². The molecule has 0 saturated carbocycles. The number of carbonyl (C=O) groups is 1. The van der Waals surface area contributed by atoms with Crippen LogP contribution >= 0.6 is 0 Å². The van der Waals surface area contributed by atoms with E-state index < -0.39 is 0 Å². The minimum absolute atomic E-state index is 0.0377. The smallest absolute Gasteiger partial charge is 0.223 e. The molecule has 3 heterocycles. The molecule has 5 rings (SSSR count). The summed E-state index contributed by atoms with van der Waals surface area (Å²) in [7, 11) is 0. The topological polar surface area (TPSA) is 29.5 Å². The summed E-state index contributed by atoms with van der Waals surface area (Å²) in [4.78, 5) is 14.5. The molecule has 1 aliphatic carbocycles. The van der Waals surface area contributed by atoms with Crippen molar-refractivity contribution < 1.29 is 9.53 Å². The van der Waals surface area contributed by atoms with E-state index in [1.807, 2.05) is 0 Å². The summed E-state index contributed by atoms with van der Waals surface area (Å²) in [6.45, 7) is 2.37. The van der Waals surface area contributed by atoms with Gasteiger partial charge in [0, 0.05) is 18.9 Å². The molecular weight excluding hydrogens is 262 g/mol.